The summed E-state index contributed by atoms with van der Waals surface area (Å²) in [5.41, 5.74) is 14.6. The lowest BCUT2D eigenvalue weighted by Crippen LogP contribution is -2.12. The van der Waals surface area contributed by atoms with Crippen LogP contribution >= 0.6 is 0 Å². The third kappa shape index (κ3) is 3.30. The van der Waals surface area contributed by atoms with Crippen LogP contribution in [-0.4, -0.2) is 22.1 Å². The smallest absolute Gasteiger partial charge is 0.205 e. The van der Waals surface area contributed by atoms with Crippen LogP contribution in [0.1, 0.15) is 11.3 Å². The van der Waals surface area contributed by atoms with Crippen LogP contribution in [0, 0.1) is 0 Å². The molecule has 0 saturated carbocycles. The zero-order valence-electron chi connectivity index (χ0n) is 13.1. The normalized spacial score (nSPS) is 12.3. The maximum atomic E-state index is 8.69. The lowest BCUT2D eigenvalue weighted by Gasteiger charge is -2.05. The van der Waals surface area contributed by atoms with Gasteiger partial charge in [-0.25, -0.2) is 0 Å². The summed E-state index contributed by atoms with van der Waals surface area (Å²) in [6, 6.07) is 18.5. The van der Waals surface area contributed by atoms with Crippen LogP contribution in [0.4, 0.5) is 0 Å². The molecule has 6 N–H and O–H groups in total. The van der Waals surface area contributed by atoms with Gasteiger partial charge in [0.1, 0.15) is 5.76 Å². The minimum Gasteiger partial charge on any atom is -0.453 e. The van der Waals surface area contributed by atoms with Crippen molar-refractivity contribution in [3.8, 4) is 22.5 Å². The number of nitrogens with two attached hydrogens (primary N) is 2. The lowest BCUT2D eigenvalue weighted by atomic mass is 10.0. The zero-order valence-corrected chi connectivity index (χ0v) is 13.1. The molecule has 126 valence electrons. The maximum absolute atomic E-state index is 8.69. The van der Waals surface area contributed by atoms with Gasteiger partial charge in [0, 0.05) is 11.1 Å². The first-order valence-corrected chi connectivity index (χ1v) is 7.39. The Labute approximate surface area is 143 Å². The van der Waals surface area contributed by atoms with E-state index in [1.54, 1.807) is 24.3 Å². The topological polar surface area (TPSA) is 130 Å². The Hall–Kier alpha value is -3.74. The highest BCUT2D eigenvalue weighted by Crippen LogP contribution is 2.26. The number of hydrogen-bond donors (Lipinski definition) is 4. The van der Waals surface area contributed by atoms with Gasteiger partial charge in [0.05, 0.1) is 0 Å². The zero-order chi connectivity index (χ0) is 17.8. The minimum atomic E-state index is -0.0753. The summed E-state index contributed by atoms with van der Waals surface area (Å²) in [4.78, 5) is 0. The van der Waals surface area contributed by atoms with Crippen molar-refractivity contribution < 1.29 is 14.8 Å². The predicted molar refractivity (Wildman–Crippen MR) is 94.6 cm³/mol. The average Bonchev–Trinajstić information content (AvgIpc) is 3.17. The third-order valence-electron chi connectivity index (χ3n) is 3.76. The number of hydrogen-bond acceptors (Lipinski definition) is 5. The molecule has 3 aromatic rings. The van der Waals surface area contributed by atoms with Crippen molar-refractivity contribution >= 4 is 11.7 Å². The van der Waals surface area contributed by atoms with E-state index in [1.165, 1.54) is 0 Å². The fraction of sp³-hybridized carbons (Fsp3) is 0. The summed E-state index contributed by atoms with van der Waals surface area (Å²) in [6.07, 6.45) is 0. The molecule has 0 fully saturated rings. The molecule has 3 rings (SSSR count). The first-order valence-electron chi connectivity index (χ1n) is 7.39. The molecule has 0 saturated heterocycles. The minimum absolute atomic E-state index is 0.0706. The highest BCUT2D eigenvalue weighted by Gasteiger charge is 2.08. The molecule has 1 aromatic heterocycles. The van der Waals surface area contributed by atoms with Gasteiger partial charge < -0.3 is 26.3 Å². The largest absolute Gasteiger partial charge is 0.453 e. The molecule has 7 heteroatoms. The van der Waals surface area contributed by atoms with E-state index in [4.69, 9.17) is 26.3 Å². The summed E-state index contributed by atoms with van der Waals surface area (Å²) >= 11 is 0. The Morgan fingerprint density at radius 2 is 1.20 bits per heavy atom. The Morgan fingerprint density at radius 1 is 0.680 bits per heavy atom. The van der Waals surface area contributed by atoms with E-state index in [2.05, 4.69) is 10.3 Å². The quantitative estimate of drug-likeness (QED) is 0.252. The Morgan fingerprint density at radius 3 is 1.76 bits per heavy atom. The predicted octanol–water partition coefficient (Wildman–Crippen LogP) is 2.80. The van der Waals surface area contributed by atoms with Gasteiger partial charge in [-0.05, 0) is 23.3 Å². The fourth-order valence-electron chi connectivity index (χ4n) is 2.40. The van der Waals surface area contributed by atoms with Gasteiger partial charge in [0.15, 0.2) is 11.6 Å². The first kappa shape index (κ1) is 16.1. The lowest BCUT2D eigenvalue weighted by molar-refractivity contribution is 0.317. The van der Waals surface area contributed by atoms with E-state index < -0.39 is 0 Å². The second-order valence-electron chi connectivity index (χ2n) is 5.29. The first-order chi connectivity index (χ1) is 12.1. The highest BCUT2D eigenvalue weighted by molar-refractivity contribution is 5.97. The van der Waals surface area contributed by atoms with Crippen LogP contribution < -0.4 is 11.5 Å². The second-order valence-corrected chi connectivity index (χ2v) is 5.29. The summed E-state index contributed by atoms with van der Waals surface area (Å²) < 4.78 is 5.56. The second kappa shape index (κ2) is 6.79. The molecule has 0 unspecified atom stereocenters. The molecule has 0 aliphatic heterocycles. The Bertz CT molecular complexity index is 926. The van der Waals surface area contributed by atoms with Gasteiger partial charge in [-0.15, -0.1) is 0 Å². The number of oxime groups is 2. The fourth-order valence-corrected chi connectivity index (χ4v) is 2.40. The number of amidine groups is 2. The molecule has 0 atom stereocenters. The van der Waals surface area contributed by atoms with Crippen molar-refractivity contribution in [1.82, 2.24) is 0 Å². The van der Waals surface area contributed by atoms with Crippen LogP contribution in [-0.2, 0) is 0 Å². The van der Waals surface area contributed by atoms with Crippen LogP contribution in [0.2, 0.25) is 0 Å². The summed E-state index contributed by atoms with van der Waals surface area (Å²) in [5.74, 6) is 0.922. The molecule has 2 aromatic carbocycles. The van der Waals surface area contributed by atoms with Crippen molar-refractivity contribution in [2.75, 3.05) is 0 Å². The molecule has 0 bridgehead atoms. The standard InChI is InChI=1S/C18H16N4O3/c19-17(21-23)14-7-3-12(4-8-14)11-1-5-13(6-2-11)15-9-10-16(25-15)18(20)22-24/h1-10,23-24H,(H2,19,21)(H2,20,22). The van der Waals surface area contributed by atoms with E-state index >= 15 is 0 Å². The Kier molecular flexibility index (Phi) is 4.38. The average molecular weight is 336 g/mol. The molecule has 0 spiro atoms. The van der Waals surface area contributed by atoms with Gasteiger partial charge in [-0.3, -0.25) is 0 Å². The van der Waals surface area contributed by atoms with E-state index in [0.717, 1.165) is 16.7 Å². The number of rotatable bonds is 4. The van der Waals surface area contributed by atoms with Crippen molar-refractivity contribution in [1.29, 1.82) is 0 Å². The number of furan rings is 1. The summed E-state index contributed by atoms with van der Waals surface area (Å²) in [6.45, 7) is 0. The van der Waals surface area contributed by atoms with Crippen LogP contribution in [0.25, 0.3) is 22.5 Å². The van der Waals surface area contributed by atoms with E-state index in [0.29, 0.717) is 17.1 Å². The van der Waals surface area contributed by atoms with E-state index in [9.17, 15) is 0 Å². The van der Waals surface area contributed by atoms with Gasteiger partial charge >= 0.3 is 0 Å². The molecule has 0 aliphatic carbocycles. The summed E-state index contributed by atoms with van der Waals surface area (Å²) in [7, 11) is 0. The molecule has 0 radical (unpaired) electrons. The Balaban J connectivity index is 1.84. The molecule has 0 aliphatic rings. The van der Waals surface area contributed by atoms with Crippen molar-refractivity contribution in [3.05, 3.63) is 72.0 Å². The van der Waals surface area contributed by atoms with Crippen LogP contribution in [0.3, 0.4) is 0 Å². The molecule has 7 nitrogen and oxygen atoms in total. The highest BCUT2D eigenvalue weighted by atomic mass is 16.4. The number of nitrogens with zero attached hydrogens (tertiary/aromatic N) is 2. The SMILES string of the molecule is N/C(=N\O)c1ccc(-c2ccc(-c3ccc(/C(N)=N/O)o3)cc2)cc1. The van der Waals surface area contributed by atoms with Crippen molar-refractivity contribution in [3.63, 3.8) is 0 Å². The molecule has 25 heavy (non-hydrogen) atoms. The van der Waals surface area contributed by atoms with Crippen LogP contribution in [0.15, 0.2) is 75.4 Å². The number of benzene rings is 2. The van der Waals surface area contributed by atoms with Gasteiger partial charge in [-0.2, -0.15) is 0 Å². The molecule has 1 heterocycles. The summed E-state index contributed by atoms with van der Waals surface area (Å²) in [5, 5.41) is 23.3. The third-order valence-corrected chi connectivity index (χ3v) is 3.76. The molecular formula is C18H16N4O3. The monoisotopic (exact) mass is 336 g/mol. The van der Waals surface area contributed by atoms with Crippen LogP contribution in [0.5, 0.6) is 0 Å². The van der Waals surface area contributed by atoms with Gasteiger partial charge in [0.25, 0.3) is 0 Å². The maximum Gasteiger partial charge on any atom is 0.205 e. The van der Waals surface area contributed by atoms with E-state index in [-0.39, 0.29) is 11.7 Å². The van der Waals surface area contributed by atoms with Crippen molar-refractivity contribution in [2.24, 2.45) is 21.8 Å². The van der Waals surface area contributed by atoms with Gasteiger partial charge in [0.2, 0.25) is 5.84 Å². The molecule has 0 amide bonds. The van der Waals surface area contributed by atoms with Gasteiger partial charge in [-0.1, -0.05) is 58.8 Å². The van der Waals surface area contributed by atoms with Crippen molar-refractivity contribution in [2.45, 2.75) is 0 Å². The van der Waals surface area contributed by atoms with E-state index in [1.807, 2.05) is 36.4 Å². The molecular weight excluding hydrogens is 320 g/mol.